The molecule has 0 aromatic heterocycles. The summed E-state index contributed by atoms with van der Waals surface area (Å²) >= 11 is 0. The molecule has 0 N–H and O–H groups in total. The van der Waals surface area contributed by atoms with Crippen molar-refractivity contribution in [2.45, 2.75) is 20.8 Å². The van der Waals surface area contributed by atoms with Crippen LogP contribution in [0.25, 0.3) is 0 Å². The molecule has 3 nitrogen and oxygen atoms in total. The summed E-state index contributed by atoms with van der Waals surface area (Å²) in [5, 5.41) is 0. The van der Waals surface area contributed by atoms with Crippen molar-refractivity contribution in [1.82, 2.24) is 0 Å². The van der Waals surface area contributed by atoms with Crippen LogP contribution in [0.3, 0.4) is 0 Å². The standard InChI is InChI=1S/C15H11NO2.C2H6.CH3.Y/c1-10-6-8-11(9-7-10)16-14(17)12-4-2-3-5-13(12)15(16)18;1-2;;/h2-9H,1H3;1-2H3;1H3;/q;;-1;. The molecule has 0 unspecified atom stereocenters. The van der Waals surface area contributed by atoms with E-state index in [9.17, 15) is 9.59 Å². The van der Waals surface area contributed by atoms with E-state index in [1.54, 1.807) is 36.4 Å². The van der Waals surface area contributed by atoms with E-state index in [-0.39, 0.29) is 52.0 Å². The minimum atomic E-state index is -0.251. The molecule has 2 amide bonds. The van der Waals surface area contributed by atoms with Gasteiger partial charge in [-0.2, -0.15) is 0 Å². The zero-order valence-electron chi connectivity index (χ0n) is 13.5. The fourth-order valence-corrected chi connectivity index (χ4v) is 2.12. The summed E-state index contributed by atoms with van der Waals surface area (Å²) in [5.74, 6) is -0.501. The first-order valence-corrected chi connectivity index (χ1v) is 6.73. The zero-order valence-corrected chi connectivity index (χ0v) is 16.3. The normalized spacial score (nSPS) is 11.7. The van der Waals surface area contributed by atoms with Crippen molar-refractivity contribution in [3.05, 3.63) is 72.6 Å². The number of rotatable bonds is 1. The predicted octanol–water partition coefficient (Wildman–Crippen LogP) is 4.27. The number of imide groups is 1. The molecule has 3 rings (SSSR count). The van der Waals surface area contributed by atoms with Crippen LogP contribution < -0.4 is 4.90 Å². The van der Waals surface area contributed by atoms with Crippen molar-refractivity contribution in [2.24, 2.45) is 0 Å². The molecular formula is C18H20NO2Y-. The number of hydrogen-bond donors (Lipinski definition) is 0. The minimum absolute atomic E-state index is 0. The fraction of sp³-hybridized carbons (Fsp3) is 0.167. The van der Waals surface area contributed by atoms with E-state index in [2.05, 4.69) is 0 Å². The van der Waals surface area contributed by atoms with Crippen molar-refractivity contribution >= 4 is 17.5 Å². The number of aryl methyl sites for hydroxylation is 1. The monoisotopic (exact) mass is 371 g/mol. The van der Waals surface area contributed by atoms with Gasteiger partial charge in [0.2, 0.25) is 0 Å². The molecule has 0 saturated heterocycles. The molecule has 113 valence electrons. The van der Waals surface area contributed by atoms with Gasteiger partial charge in [-0.1, -0.05) is 43.7 Å². The van der Waals surface area contributed by atoms with Gasteiger partial charge in [-0.3, -0.25) is 9.59 Å². The molecule has 2 aromatic carbocycles. The van der Waals surface area contributed by atoms with Gasteiger partial charge in [0.25, 0.3) is 11.8 Å². The second-order valence-electron chi connectivity index (χ2n) is 4.33. The Bertz CT molecular complexity index is 615. The molecule has 1 heterocycles. The van der Waals surface area contributed by atoms with E-state index in [4.69, 9.17) is 0 Å². The Morgan fingerprint density at radius 2 is 1.18 bits per heavy atom. The van der Waals surface area contributed by atoms with Crippen LogP contribution >= 0.6 is 0 Å². The third-order valence-corrected chi connectivity index (χ3v) is 3.09. The summed E-state index contributed by atoms with van der Waals surface area (Å²) in [4.78, 5) is 25.6. The maximum absolute atomic E-state index is 12.2. The van der Waals surface area contributed by atoms with E-state index in [1.165, 1.54) is 4.90 Å². The van der Waals surface area contributed by atoms with Crippen molar-refractivity contribution in [3.8, 4) is 0 Å². The van der Waals surface area contributed by atoms with Gasteiger partial charge in [-0.15, -0.1) is 0 Å². The third-order valence-electron chi connectivity index (χ3n) is 3.09. The summed E-state index contributed by atoms with van der Waals surface area (Å²) in [6.45, 7) is 5.96. The Morgan fingerprint density at radius 3 is 1.59 bits per heavy atom. The second kappa shape index (κ2) is 8.97. The Morgan fingerprint density at radius 1 is 0.773 bits per heavy atom. The summed E-state index contributed by atoms with van der Waals surface area (Å²) in [7, 11) is 0. The van der Waals surface area contributed by atoms with Crippen LogP contribution in [0.5, 0.6) is 0 Å². The molecule has 0 fully saturated rings. The van der Waals surface area contributed by atoms with Crippen LogP contribution in [0.1, 0.15) is 40.1 Å². The molecule has 4 heteroatoms. The van der Waals surface area contributed by atoms with Crippen LogP contribution in [-0.4, -0.2) is 11.8 Å². The van der Waals surface area contributed by atoms with Crippen molar-refractivity contribution in [2.75, 3.05) is 4.90 Å². The number of hydrogen-bond acceptors (Lipinski definition) is 2. The Labute approximate surface area is 157 Å². The number of carbonyl (C=O) groups excluding carboxylic acids is 2. The predicted molar refractivity (Wildman–Crippen MR) is 86.5 cm³/mol. The molecule has 1 aliphatic rings. The molecule has 0 atom stereocenters. The van der Waals surface area contributed by atoms with Crippen LogP contribution in [0.4, 0.5) is 5.69 Å². The van der Waals surface area contributed by atoms with Crippen molar-refractivity contribution < 1.29 is 42.3 Å². The molecule has 22 heavy (non-hydrogen) atoms. The Balaban J connectivity index is 0.00000106. The second-order valence-corrected chi connectivity index (χ2v) is 4.33. The number of carbonyl (C=O) groups is 2. The first-order chi connectivity index (χ1) is 9.68. The molecule has 0 aliphatic carbocycles. The summed E-state index contributed by atoms with van der Waals surface area (Å²) in [6, 6.07) is 14.3. The van der Waals surface area contributed by atoms with Gasteiger partial charge in [-0.05, 0) is 31.2 Å². The Kier molecular flexibility index (Phi) is 8.43. The molecule has 0 saturated carbocycles. The van der Waals surface area contributed by atoms with E-state index in [0.717, 1.165) is 5.56 Å². The van der Waals surface area contributed by atoms with Crippen LogP contribution in [0.2, 0.25) is 0 Å². The minimum Gasteiger partial charge on any atom is -0.358 e. The van der Waals surface area contributed by atoms with Gasteiger partial charge in [0, 0.05) is 32.7 Å². The van der Waals surface area contributed by atoms with Gasteiger partial charge in [-0.25, -0.2) is 4.90 Å². The molecule has 1 aliphatic heterocycles. The van der Waals surface area contributed by atoms with Crippen molar-refractivity contribution in [3.63, 3.8) is 0 Å². The number of nitrogens with zero attached hydrogens (tertiary/aromatic N) is 1. The van der Waals surface area contributed by atoms with Gasteiger partial charge in [0.05, 0.1) is 16.8 Å². The SMILES string of the molecule is CC.Cc1ccc(N2C(=O)c3ccccc3C2=O)cc1.[CH3-].[Y]. The largest absolute Gasteiger partial charge is 0.358 e. The Hall–Kier alpha value is -1.32. The first-order valence-electron chi connectivity index (χ1n) is 6.73. The maximum atomic E-state index is 12.2. The molecule has 2 aromatic rings. The molecule has 0 spiro atoms. The van der Waals surface area contributed by atoms with E-state index in [0.29, 0.717) is 16.8 Å². The first kappa shape index (κ1) is 20.7. The van der Waals surface area contributed by atoms with Crippen LogP contribution in [-0.2, 0) is 32.7 Å². The van der Waals surface area contributed by atoms with Crippen LogP contribution in [0.15, 0.2) is 48.5 Å². The number of amides is 2. The van der Waals surface area contributed by atoms with Gasteiger partial charge in [0.1, 0.15) is 0 Å². The molecular weight excluding hydrogens is 351 g/mol. The fourth-order valence-electron chi connectivity index (χ4n) is 2.12. The summed E-state index contributed by atoms with van der Waals surface area (Å²) in [6.07, 6.45) is 0. The van der Waals surface area contributed by atoms with E-state index < -0.39 is 0 Å². The summed E-state index contributed by atoms with van der Waals surface area (Å²) in [5.41, 5.74) is 2.66. The number of benzene rings is 2. The van der Waals surface area contributed by atoms with E-state index in [1.807, 2.05) is 32.9 Å². The topological polar surface area (TPSA) is 37.4 Å². The average Bonchev–Trinajstić information content (AvgIpc) is 2.75. The zero-order chi connectivity index (χ0) is 14.7. The van der Waals surface area contributed by atoms with Gasteiger partial charge < -0.3 is 7.43 Å². The van der Waals surface area contributed by atoms with Crippen LogP contribution in [0, 0.1) is 14.4 Å². The van der Waals surface area contributed by atoms with E-state index >= 15 is 0 Å². The smallest absolute Gasteiger partial charge is 0.266 e. The van der Waals surface area contributed by atoms with Crippen molar-refractivity contribution in [1.29, 1.82) is 0 Å². The number of fused-ring (bicyclic) bond motifs is 1. The molecule has 0 bridgehead atoms. The quantitative estimate of drug-likeness (QED) is 0.555. The van der Waals surface area contributed by atoms with Gasteiger partial charge >= 0.3 is 0 Å². The summed E-state index contributed by atoms with van der Waals surface area (Å²) < 4.78 is 0. The third kappa shape index (κ3) is 3.71. The average molecular weight is 371 g/mol. The van der Waals surface area contributed by atoms with Gasteiger partial charge in [0.15, 0.2) is 0 Å². The number of anilines is 1. The molecule has 1 radical (unpaired) electrons. The maximum Gasteiger partial charge on any atom is 0.266 e.